The van der Waals surface area contributed by atoms with Gasteiger partial charge in [0.15, 0.2) is 17.5 Å². The minimum atomic E-state index is -1.40. The molecule has 0 N–H and O–H groups in total. The third kappa shape index (κ3) is 7.80. The minimum Gasteiger partial charge on any atom is -0.379 e. The Morgan fingerprint density at radius 3 is 2.34 bits per heavy atom. The standard InChI is InChI=1S/C36H56F2N6O4Si2/c1-24(42-10-12-46-13-11-42)35(45)41(3)28-19-27-33(31(38)30(28)37)43(22-47-14-16-49(4,5)6)34(39-27)32-26-18-25-20-36(25,2)21-29(26)44(40-32)23-48-15-17-50(7,8)9/h19,24-25H,10-18,20-23H2,1-9H3/t24-,25+,36+/m0/s1. The summed E-state index contributed by atoms with van der Waals surface area (Å²) in [7, 11) is -1.17. The molecule has 0 bridgehead atoms. The quantitative estimate of drug-likeness (QED) is 0.136. The van der Waals surface area contributed by atoms with Crippen molar-refractivity contribution in [2.75, 3.05) is 51.5 Å². The number of likely N-dealkylation sites (N-methyl/N-ethyl adjacent to an activating group) is 1. The molecule has 1 aromatic carbocycles. The fourth-order valence-corrected chi connectivity index (χ4v) is 8.76. The fraction of sp³-hybridized carbons (Fsp3) is 0.694. The van der Waals surface area contributed by atoms with E-state index in [2.05, 4.69) is 46.2 Å². The molecule has 1 saturated heterocycles. The highest BCUT2D eigenvalue weighted by Gasteiger charge is 2.54. The topological polar surface area (TPSA) is 86.9 Å². The molecule has 3 atom stereocenters. The van der Waals surface area contributed by atoms with Gasteiger partial charge in [0.2, 0.25) is 5.91 Å². The van der Waals surface area contributed by atoms with Crippen molar-refractivity contribution in [2.24, 2.45) is 11.3 Å². The summed E-state index contributed by atoms with van der Waals surface area (Å²) in [6.07, 6.45) is 2.90. The molecule has 1 aliphatic heterocycles. The molecule has 2 fully saturated rings. The lowest BCUT2D eigenvalue weighted by molar-refractivity contribution is -0.124. The Labute approximate surface area is 297 Å². The van der Waals surface area contributed by atoms with Crippen molar-refractivity contribution in [1.29, 1.82) is 0 Å². The van der Waals surface area contributed by atoms with Gasteiger partial charge in [0.05, 0.1) is 30.5 Å². The smallest absolute Gasteiger partial charge is 0.243 e. The average molecular weight is 731 g/mol. The van der Waals surface area contributed by atoms with E-state index in [0.29, 0.717) is 63.7 Å². The van der Waals surface area contributed by atoms with E-state index in [0.717, 1.165) is 42.6 Å². The molecular weight excluding hydrogens is 675 g/mol. The first-order chi connectivity index (χ1) is 23.5. The number of anilines is 1. The number of rotatable bonds is 14. The molecule has 0 spiro atoms. The molecule has 3 aromatic rings. The van der Waals surface area contributed by atoms with E-state index in [-0.39, 0.29) is 34.8 Å². The van der Waals surface area contributed by atoms with Crippen LogP contribution in [0, 0.1) is 23.0 Å². The first kappa shape index (κ1) is 37.3. The summed E-state index contributed by atoms with van der Waals surface area (Å²) in [5.74, 6) is -1.47. The fourth-order valence-electron chi connectivity index (χ4n) is 7.25. The summed E-state index contributed by atoms with van der Waals surface area (Å²) in [4.78, 5) is 21.7. The third-order valence-corrected chi connectivity index (χ3v) is 14.3. The van der Waals surface area contributed by atoms with E-state index in [9.17, 15) is 4.79 Å². The number of aromatic nitrogens is 4. The van der Waals surface area contributed by atoms with Gasteiger partial charge in [0.1, 0.15) is 24.7 Å². The highest BCUT2D eigenvalue weighted by atomic mass is 28.3. The van der Waals surface area contributed by atoms with E-state index in [1.54, 1.807) is 11.5 Å². The molecule has 14 heteroatoms. The second-order valence-electron chi connectivity index (χ2n) is 17.4. The number of carbonyl (C=O) groups excluding carboxylic acids is 1. The Kier molecular flexibility index (Phi) is 10.5. The summed E-state index contributed by atoms with van der Waals surface area (Å²) < 4.78 is 53.9. The summed E-state index contributed by atoms with van der Waals surface area (Å²) in [5, 5.41) is 5.09. The predicted molar refractivity (Wildman–Crippen MR) is 198 cm³/mol. The van der Waals surface area contributed by atoms with Gasteiger partial charge in [-0.25, -0.2) is 18.4 Å². The second kappa shape index (κ2) is 14.1. The van der Waals surface area contributed by atoms with Crippen molar-refractivity contribution >= 4 is 38.8 Å². The average Bonchev–Trinajstić information content (AvgIpc) is 3.41. The number of imidazole rings is 1. The SMILES string of the molecule is C[C@@H](C(=O)N(C)c1cc2nc(-c3nn(COCC[Si](C)(C)C)c4c3C[C@@H]3C[C@]3(C)C4)n(COCC[Si](C)(C)C)c2c(F)c1F)N1CCOCC1. The lowest BCUT2D eigenvalue weighted by Gasteiger charge is -2.33. The lowest BCUT2D eigenvalue weighted by Crippen LogP contribution is -2.50. The summed E-state index contributed by atoms with van der Waals surface area (Å²) in [6.45, 7) is 21.7. The van der Waals surface area contributed by atoms with Gasteiger partial charge in [-0.3, -0.25) is 14.3 Å². The molecule has 50 heavy (non-hydrogen) atoms. The number of morpholine rings is 1. The Bertz CT molecular complexity index is 1730. The molecule has 6 rings (SSSR count). The zero-order valence-corrected chi connectivity index (χ0v) is 33.5. The van der Waals surface area contributed by atoms with E-state index < -0.39 is 33.8 Å². The first-order valence-corrected chi connectivity index (χ1v) is 25.6. The summed E-state index contributed by atoms with van der Waals surface area (Å²) >= 11 is 0. The van der Waals surface area contributed by atoms with Gasteiger partial charge in [0.25, 0.3) is 0 Å². The summed E-state index contributed by atoms with van der Waals surface area (Å²) in [5.41, 5.74) is 3.27. The number of amides is 1. The van der Waals surface area contributed by atoms with Gasteiger partial charge >= 0.3 is 0 Å². The van der Waals surface area contributed by atoms with Crippen LogP contribution >= 0.6 is 0 Å². The monoisotopic (exact) mass is 730 g/mol. The van der Waals surface area contributed by atoms with Crippen molar-refractivity contribution < 1.29 is 27.8 Å². The molecule has 276 valence electrons. The van der Waals surface area contributed by atoms with E-state index >= 15 is 8.78 Å². The largest absolute Gasteiger partial charge is 0.379 e. The number of halogens is 2. The first-order valence-electron chi connectivity index (χ1n) is 18.2. The molecule has 0 unspecified atom stereocenters. The number of benzene rings is 1. The van der Waals surface area contributed by atoms with Crippen LogP contribution in [0.5, 0.6) is 0 Å². The molecule has 3 heterocycles. The normalized spacial score (nSPS) is 21.7. The molecule has 10 nitrogen and oxygen atoms in total. The number of hydrogen-bond donors (Lipinski definition) is 0. The van der Waals surface area contributed by atoms with Gasteiger partial charge in [-0.05, 0) is 55.7 Å². The van der Waals surface area contributed by atoms with Crippen LogP contribution < -0.4 is 4.90 Å². The van der Waals surface area contributed by atoms with Gasteiger partial charge in [-0.1, -0.05) is 46.2 Å². The third-order valence-electron chi connectivity index (χ3n) is 10.9. The van der Waals surface area contributed by atoms with Crippen LogP contribution in [0.15, 0.2) is 6.07 Å². The van der Waals surface area contributed by atoms with Crippen LogP contribution in [0.4, 0.5) is 14.5 Å². The molecule has 2 aromatic heterocycles. The van der Waals surface area contributed by atoms with Crippen molar-refractivity contribution in [1.82, 2.24) is 24.2 Å². The van der Waals surface area contributed by atoms with Gasteiger partial charge in [-0.15, -0.1) is 0 Å². The van der Waals surface area contributed by atoms with E-state index in [4.69, 9.17) is 24.3 Å². The minimum absolute atomic E-state index is 0.00431. The van der Waals surface area contributed by atoms with Crippen LogP contribution in [-0.2, 0) is 45.3 Å². The summed E-state index contributed by atoms with van der Waals surface area (Å²) in [6, 6.07) is 2.96. The maximum atomic E-state index is 16.4. The number of ether oxygens (including phenoxy) is 3. The Morgan fingerprint density at radius 2 is 1.70 bits per heavy atom. The zero-order valence-electron chi connectivity index (χ0n) is 31.5. The van der Waals surface area contributed by atoms with Gasteiger partial charge in [-0.2, -0.15) is 5.10 Å². The molecule has 2 aliphatic carbocycles. The predicted octanol–water partition coefficient (Wildman–Crippen LogP) is 6.61. The van der Waals surface area contributed by atoms with Crippen molar-refractivity contribution in [3.63, 3.8) is 0 Å². The Balaban J connectivity index is 1.40. The highest BCUT2D eigenvalue weighted by Crippen LogP contribution is 2.60. The van der Waals surface area contributed by atoms with Crippen molar-refractivity contribution in [3.8, 4) is 11.5 Å². The molecule has 1 amide bonds. The van der Waals surface area contributed by atoms with Crippen LogP contribution in [0.3, 0.4) is 0 Å². The number of carbonyl (C=O) groups is 1. The molecule has 1 saturated carbocycles. The molecular formula is C36H56F2N6O4Si2. The number of nitrogens with zero attached hydrogens (tertiary/aromatic N) is 6. The van der Waals surface area contributed by atoms with E-state index in [1.165, 1.54) is 18.0 Å². The zero-order chi connectivity index (χ0) is 36.2. The van der Waals surface area contributed by atoms with Crippen LogP contribution in [0.1, 0.15) is 31.5 Å². The van der Waals surface area contributed by atoms with E-state index in [1.807, 2.05) is 9.58 Å². The number of fused-ring (bicyclic) bond motifs is 3. The lowest BCUT2D eigenvalue weighted by atomic mass is 9.87. The Morgan fingerprint density at radius 1 is 1.06 bits per heavy atom. The maximum absolute atomic E-state index is 16.4. The van der Waals surface area contributed by atoms with Crippen LogP contribution in [0.2, 0.25) is 51.4 Å². The van der Waals surface area contributed by atoms with Gasteiger partial charge < -0.3 is 19.1 Å². The molecule has 0 radical (unpaired) electrons. The Hall–Kier alpha value is -2.50. The van der Waals surface area contributed by atoms with Crippen molar-refractivity contribution in [3.05, 3.63) is 29.0 Å². The van der Waals surface area contributed by atoms with Crippen molar-refractivity contribution in [2.45, 2.75) is 104 Å². The number of hydrogen-bond acceptors (Lipinski definition) is 7. The maximum Gasteiger partial charge on any atom is 0.243 e. The second-order valence-corrected chi connectivity index (χ2v) is 28.6. The van der Waals surface area contributed by atoms with Gasteiger partial charge in [0, 0.05) is 60.8 Å². The van der Waals surface area contributed by atoms with Crippen LogP contribution in [-0.4, -0.2) is 98.9 Å². The molecule has 3 aliphatic rings. The highest BCUT2D eigenvalue weighted by molar-refractivity contribution is 6.76. The van der Waals surface area contributed by atoms with Crippen LogP contribution in [0.25, 0.3) is 22.6 Å².